The third-order valence-corrected chi connectivity index (χ3v) is 4.02. The van der Waals surface area contributed by atoms with Crippen molar-refractivity contribution in [2.24, 2.45) is 23.7 Å². The minimum absolute atomic E-state index is 0.439. The second-order valence-corrected chi connectivity index (χ2v) is 4.72. The smallest absolute Gasteiger partial charge is 0.136 e. The van der Waals surface area contributed by atoms with Crippen molar-refractivity contribution >= 4 is 5.78 Å². The molecule has 0 aromatic rings. The summed E-state index contributed by atoms with van der Waals surface area (Å²) >= 11 is 0. The van der Waals surface area contributed by atoms with Gasteiger partial charge in [-0.25, -0.2) is 0 Å². The fraction of sp³-hybridized carbons (Fsp3) is 0.909. The van der Waals surface area contributed by atoms with Gasteiger partial charge in [0.05, 0.1) is 0 Å². The Bertz CT molecular complexity index is 197. The molecule has 0 bridgehead atoms. The third kappa shape index (κ3) is 1.10. The van der Waals surface area contributed by atoms with E-state index >= 15 is 0 Å². The summed E-state index contributed by atoms with van der Waals surface area (Å²) in [5.74, 6) is 3.18. The Balaban J connectivity index is 2.17. The lowest BCUT2D eigenvalue weighted by atomic mass is 9.77. The summed E-state index contributed by atoms with van der Waals surface area (Å²) in [6.07, 6.45) is 4.63. The summed E-state index contributed by atoms with van der Waals surface area (Å²) in [5, 5.41) is 0. The Morgan fingerprint density at radius 3 is 2.75 bits per heavy atom. The molecule has 0 amide bonds. The predicted octanol–water partition coefficient (Wildman–Crippen LogP) is 2.65. The molecule has 1 heteroatoms. The van der Waals surface area contributed by atoms with Gasteiger partial charge < -0.3 is 0 Å². The average molecular weight is 166 g/mol. The zero-order valence-electron chi connectivity index (χ0n) is 8.05. The molecule has 0 heterocycles. The van der Waals surface area contributed by atoms with Gasteiger partial charge in [-0.1, -0.05) is 13.8 Å². The Morgan fingerprint density at radius 1 is 1.33 bits per heavy atom. The maximum absolute atomic E-state index is 11.6. The van der Waals surface area contributed by atoms with Crippen molar-refractivity contribution in [1.82, 2.24) is 0 Å². The van der Waals surface area contributed by atoms with Gasteiger partial charge in [0.1, 0.15) is 5.78 Å². The highest BCUT2D eigenvalue weighted by atomic mass is 16.1. The predicted molar refractivity (Wildman–Crippen MR) is 48.8 cm³/mol. The molecule has 0 saturated heterocycles. The van der Waals surface area contributed by atoms with Crippen LogP contribution in [0.15, 0.2) is 0 Å². The molecule has 0 radical (unpaired) electrons. The lowest BCUT2D eigenvalue weighted by Gasteiger charge is -2.26. The quantitative estimate of drug-likeness (QED) is 0.540. The van der Waals surface area contributed by atoms with E-state index in [1.165, 1.54) is 12.8 Å². The molecule has 4 atom stereocenters. The van der Waals surface area contributed by atoms with Crippen molar-refractivity contribution in [2.45, 2.75) is 39.5 Å². The van der Waals surface area contributed by atoms with Crippen LogP contribution in [0.25, 0.3) is 0 Å². The van der Waals surface area contributed by atoms with E-state index < -0.39 is 0 Å². The Labute approximate surface area is 74.5 Å². The first-order valence-electron chi connectivity index (χ1n) is 5.23. The van der Waals surface area contributed by atoms with Crippen LogP contribution in [-0.2, 0) is 4.79 Å². The van der Waals surface area contributed by atoms with E-state index in [2.05, 4.69) is 13.8 Å². The summed E-state index contributed by atoms with van der Waals surface area (Å²) in [5.41, 5.74) is 0. The van der Waals surface area contributed by atoms with Gasteiger partial charge in [0, 0.05) is 12.3 Å². The van der Waals surface area contributed by atoms with E-state index in [0.29, 0.717) is 17.6 Å². The molecule has 68 valence electrons. The molecule has 0 aromatic heterocycles. The van der Waals surface area contributed by atoms with Crippen molar-refractivity contribution in [1.29, 1.82) is 0 Å². The van der Waals surface area contributed by atoms with Crippen LogP contribution in [-0.4, -0.2) is 5.78 Å². The molecule has 2 saturated carbocycles. The highest BCUT2D eigenvalue weighted by Crippen LogP contribution is 2.46. The van der Waals surface area contributed by atoms with Crippen molar-refractivity contribution in [3.8, 4) is 0 Å². The van der Waals surface area contributed by atoms with Gasteiger partial charge in [0.2, 0.25) is 0 Å². The lowest BCUT2D eigenvalue weighted by molar-refractivity contribution is -0.127. The maximum atomic E-state index is 11.6. The molecule has 2 fully saturated rings. The van der Waals surface area contributed by atoms with Crippen LogP contribution in [0.3, 0.4) is 0 Å². The van der Waals surface area contributed by atoms with Gasteiger partial charge in [-0.15, -0.1) is 0 Å². The molecule has 12 heavy (non-hydrogen) atoms. The van der Waals surface area contributed by atoms with E-state index in [0.717, 1.165) is 24.7 Å². The number of ketones is 1. The summed E-state index contributed by atoms with van der Waals surface area (Å²) in [4.78, 5) is 11.6. The van der Waals surface area contributed by atoms with E-state index in [9.17, 15) is 4.79 Å². The van der Waals surface area contributed by atoms with E-state index in [-0.39, 0.29) is 0 Å². The molecule has 2 aliphatic rings. The molecule has 0 spiro atoms. The zero-order chi connectivity index (χ0) is 8.72. The number of fused-ring (bicyclic) bond motifs is 1. The van der Waals surface area contributed by atoms with Crippen LogP contribution in [0.1, 0.15) is 39.5 Å². The lowest BCUT2D eigenvalue weighted by Crippen LogP contribution is -2.28. The Hall–Kier alpha value is -0.330. The van der Waals surface area contributed by atoms with Crippen molar-refractivity contribution < 1.29 is 4.79 Å². The maximum Gasteiger partial charge on any atom is 0.136 e. The van der Waals surface area contributed by atoms with Crippen LogP contribution in [0.4, 0.5) is 0 Å². The first-order valence-corrected chi connectivity index (χ1v) is 5.23. The van der Waals surface area contributed by atoms with Crippen LogP contribution < -0.4 is 0 Å². The number of rotatable bonds is 0. The van der Waals surface area contributed by atoms with E-state index in [1.807, 2.05) is 0 Å². The number of Topliss-reactive ketones (excluding diaryl/α,β-unsaturated/α-hetero) is 1. The van der Waals surface area contributed by atoms with Gasteiger partial charge in [-0.3, -0.25) is 4.79 Å². The number of carbonyl (C=O) groups is 1. The monoisotopic (exact) mass is 166 g/mol. The molecular weight excluding hydrogens is 148 g/mol. The fourth-order valence-corrected chi connectivity index (χ4v) is 3.18. The standard InChI is InChI=1S/C11H18O/c1-7-6-9-4-3-5-10(12)11(9)8(7)2/h7-9,11H,3-6H2,1-2H3. The fourth-order valence-electron chi connectivity index (χ4n) is 3.18. The van der Waals surface area contributed by atoms with Gasteiger partial charge in [0.15, 0.2) is 0 Å². The van der Waals surface area contributed by atoms with Crippen LogP contribution in [0.2, 0.25) is 0 Å². The largest absolute Gasteiger partial charge is 0.299 e. The molecule has 4 unspecified atom stereocenters. The molecular formula is C11H18O. The topological polar surface area (TPSA) is 17.1 Å². The van der Waals surface area contributed by atoms with Crippen molar-refractivity contribution in [3.05, 3.63) is 0 Å². The summed E-state index contributed by atoms with van der Waals surface area (Å²) in [7, 11) is 0. The average Bonchev–Trinajstić information content (AvgIpc) is 2.29. The van der Waals surface area contributed by atoms with Gasteiger partial charge in [-0.2, -0.15) is 0 Å². The number of carbonyl (C=O) groups excluding carboxylic acids is 1. The zero-order valence-corrected chi connectivity index (χ0v) is 8.05. The van der Waals surface area contributed by atoms with Crippen molar-refractivity contribution in [3.63, 3.8) is 0 Å². The second-order valence-electron chi connectivity index (χ2n) is 4.72. The minimum atomic E-state index is 0.439. The number of hydrogen-bond acceptors (Lipinski definition) is 1. The highest BCUT2D eigenvalue weighted by Gasteiger charge is 2.43. The Morgan fingerprint density at radius 2 is 2.08 bits per heavy atom. The normalized spacial score (nSPS) is 47.7. The van der Waals surface area contributed by atoms with Crippen LogP contribution >= 0.6 is 0 Å². The molecule has 1 nitrogen and oxygen atoms in total. The van der Waals surface area contributed by atoms with Crippen LogP contribution in [0.5, 0.6) is 0 Å². The number of hydrogen-bond donors (Lipinski definition) is 0. The van der Waals surface area contributed by atoms with Gasteiger partial charge >= 0.3 is 0 Å². The summed E-state index contributed by atoms with van der Waals surface area (Å²) in [6, 6.07) is 0. The second kappa shape index (κ2) is 2.86. The molecule has 0 N–H and O–H groups in total. The van der Waals surface area contributed by atoms with E-state index in [1.54, 1.807) is 0 Å². The molecule has 2 rings (SSSR count). The van der Waals surface area contributed by atoms with Gasteiger partial charge in [-0.05, 0) is 37.0 Å². The van der Waals surface area contributed by atoms with Crippen molar-refractivity contribution in [2.75, 3.05) is 0 Å². The van der Waals surface area contributed by atoms with Crippen LogP contribution in [0, 0.1) is 23.7 Å². The summed E-state index contributed by atoms with van der Waals surface area (Å²) < 4.78 is 0. The van der Waals surface area contributed by atoms with Gasteiger partial charge in [0.25, 0.3) is 0 Å². The summed E-state index contributed by atoms with van der Waals surface area (Å²) in [6.45, 7) is 4.56. The van der Waals surface area contributed by atoms with E-state index in [4.69, 9.17) is 0 Å². The first kappa shape index (κ1) is 8.28. The Kier molecular flexibility index (Phi) is 1.97. The molecule has 0 aromatic carbocycles. The SMILES string of the molecule is CC1CC2CCCC(=O)C2C1C. The highest BCUT2D eigenvalue weighted by molar-refractivity contribution is 5.82. The minimum Gasteiger partial charge on any atom is -0.299 e. The molecule has 0 aliphatic heterocycles. The first-order chi connectivity index (χ1) is 5.70. The third-order valence-electron chi connectivity index (χ3n) is 4.02. The molecule has 2 aliphatic carbocycles.